The van der Waals surface area contributed by atoms with Crippen LogP contribution in [0.3, 0.4) is 0 Å². The Bertz CT molecular complexity index is 299. The molecule has 0 bridgehead atoms. The van der Waals surface area contributed by atoms with Gasteiger partial charge in [-0.3, -0.25) is 4.98 Å². The van der Waals surface area contributed by atoms with Crippen LogP contribution in [0.1, 0.15) is 5.69 Å². The molecule has 2 rings (SSSR count). The molecule has 0 aliphatic carbocycles. The van der Waals surface area contributed by atoms with E-state index in [9.17, 15) is 0 Å². The predicted molar refractivity (Wildman–Crippen MR) is 59.5 cm³/mol. The summed E-state index contributed by atoms with van der Waals surface area (Å²) in [4.78, 5) is 10.9. The van der Waals surface area contributed by atoms with Crippen LogP contribution in [0.2, 0.25) is 0 Å². The number of nitrogens with zero attached hydrogens (tertiary/aromatic N) is 3. The quantitative estimate of drug-likeness (QED) is 0.770. The molecule has 76 valence electrons. The van der Waals surface area contributed by atoms with Gasteiger partial charge in [0.15, 0.2) is 5.82 Å². The minimum absolute atomic E-state index is 0.465. The standard InChI is InChI=1S/C9H14N4S/c10-7-8-9(12-2-1-11-8)13-3-5-14-6-4-13/h1-2H,3-7,10H2. The predicted octanol–water partition coefficient (Wildman–Crippen LogP) is 0.488. The van der Waals surface area contributed by atoms with E-state index in [1.165, 1.54) is 11.5 Å². The molecule has 1 fully saturated rings. The molecule has 14 heavy (non-hydrogen) atoms. The summed E-state index contributed by atoms with van der Waals surface area (Å²) in [6.07, 6.45) is 3.43. The monoisotopic (exact) mass is 210 g/mol. The van der Waals surface area contributed by atoms with Gasteiger partial charge in [-0.15, -0.1) is 0 Å². The highest BCUT2D eigenvalue weighted by molar-refractivity contribution is 7.99. The maximum Gasteiger partial charge on any atom is 0.151 e. The Morgan fingerprint density at radius 1 is 1.29 bits per heavy atom. The summed E-state index contributed by atoms with van der Waals surface area (Å²) in [6, 6.07) is 0. The lowest BCUT2D eigenvalue weighted by molar-refractivity contribution is 0.811. The van der Waals surface area contributed by atoms with Crippen LogP contribution >= 0.6 is 11.8 Å². The minimum atomic E-state index is 0.465. The largest absolute Gasteiger partial charge is 0.353 e. The summed E-state index contributed by atoms with van der Waals surface area (Å²) in [5.41, 5.74) is 6.53. The van der Waals surface area contributed by atoms with Gasteiger partial charge in [-0.05, 0) is 0 Å². The maximum absolute atomic E-state index is 5.62. The van der Waals surface area contributed by atoms with E-state index in [4.69, 9.17) is 5.73 Å². The van der Waals surface area contributed by atoms with E-state index >= 15 is 0 Å². The lowest BCUT2D eigenvalue weighted by atomic mass is 10.3. The van der Waals surface area contributed by atoms with Crippen LogP contribution in [0, 0.1) is 0 Å². The fraction of sp³-hybridized carbons (Fsp3) is 0.556. The molecule has 1 aromatic rings. The van der Waals surface area contributed by atoms with Gasteiger partial charge in [0.2, 0.25) is 0 Å². The lowest BCUT2D eigenvalue weighted by Crippen LogP contribution is -2.34. The molecule has 1 saturated heterocycles. The third-order valence-electron chi connectivity index (χ3n) is 2.26. The average Bonchev–Trinajstić information content (AvgIpc) is 2.30. The summed E-state index contributed by atoms with van der Waals surface area (Å²) in [6.45, 7) is 2.57. The Morgan fingerprint density at radius 2 is 2.00 bits per heavy atom. The zero-order valence-corrected chi connectivity index (χ0v) is 8.83. The van der Waals surface area contributed by atoms with Crippen LogP contribution < -0.4 is 10.6 Å². The van der Waals surface area contributed by atoms with Gasteiger partial charge in [-0.2, -0.15) is 11.8 Å². The van der Waals surface area contributed by atoms with Gasteiger partial charge in [0.1, 0.15) is 0 Å². The first-order chi connectivity index (χ1) is 6.92. The highest BCUT2D eigenvalue weighted by Crippen LogP contribution is 2.18. The molecule has 0 unspecified atom stereocenters. The van der Waals surface area contributed by atoms with Crippen molar-refractivity contribution in [1.82, 2.24) is 9.97 Å². The Kier molecular flexibility index (Phi) is 3.21. The molecular weight excluding hydrogens is 196 g/mol. The number of thioether (sulfide) groups is 1. The van der Waals surface area contributed by atoms with Gasteiger partial charge < -0.3 is 10.6 Å². The summed E-state index contributed by atoms with van der Waals surface area (Å²) < 4.78 is 0. The molecule has 5 heteroatoms. The highest BCUT2D eigenvalue weighted by Gasteiger charge is 2.15. The van der Waals surface area contributed by atoms with Crippen LogP contribution in [0.4, 0.5) is 5.82 Å². The molecule has 0 atom stereocenters. The topological polar surface area (TPSA) is 55.0 Å². The van der Waals surface area contributed by atoms with E-state index in [0.29, 0.717) is 6.54 Å². The van der Waals surface area contributed by atoms with Crippen LogP contribution in [-0.2, 0) is 6.54 Å². The molecule has 2 heterocycles. The number of rotatable bonds is 2. The number of hydrogen-bond donors (Lipinski definition) is 1. The highest BCUT2D eigenvalue weighted by atomic mass is 32.2. The van der Waals surface area contributed by atoms with Crippen molar-refractivity contribution >= 4 is 17.6 Å². The van der Waals surface area contributed by atoms with Gasteiger partial charge >= 0.3 is 0 Å². The van der Waals surface area contributed by atoms with Gasteiger partial charge in [0, 0.05) is 43.5 Å². The number of aromatic nitrogens is 2. The number of hydrogen-bond acceptors (Lipinski definition) is 5. The third-order valence-corrected chi connectivity index (χ3v) is 3.20. The molecule has 0 aromatic carbocycles. The average molecular weight is 210 g/mol. The van der Waals surface area contributed by atoms with E-state index in [0.717, 1.165) is 24.6 Å². The third kappa shape index (κ3) is 1.99. The Morgan fingerprint density at radius 3 is 2.71 bits per heavy atom. The summed E-state index contributed by atoms with van der Waals surface area (Å²) in [5, 5.41) is 0. The van der Waals surface area contributed by atoms with Crippen LogP contribution in [0.5, 0.6) is 0 Å². The second-order valence-electron chi connectivity index (χ2n) is 3.13. The molecule has 1 aliphatic heterocycles. The first-order valence-electron chi connectivity index (χ1n) is 4.74. The van der Waals surface area contributed by atoms with Crippen molar-refractivity contribution in [2.24, 2.45) is 5.73 Å². The van der Waals surface area contributed by atoms with Gasteiger partial charge in [-0.25, -0.2) is 4.98 Å². The normalized spacial score (nSPS) is 17.1. The van der Waals surface area contributed by atoms with E-state index < -0.39 is 0 Å². The molecule has 0 amide bonds. The van der Waals surface area contributed by atoms with Crippen molar-refractivity contribution in [2.45, 2.75) is 6.54 Å². The molecule has 0 saturated carbocycles. The van der Waals surface area contributed by atoms with E-state index in [2.05, 4.69) is 14.9 Å². The van der Waals surface area contributed by atoms with Gasteiger partial charge in [-0.1, -0.05) is 0 Å². The van der Waals surface area contributed by atoms with Crippen molar-refractivity contribution in [1.29, 1.82) is 0 Å². The zero-order chi connectivity index (χ0) is 9.80. The molecule has 0 spiro atoms. The Labute approximate surface area is 87.9 Å². The second kappa shape index (κ2) is 4.61. The van der Waals surface area contributed by atoms with Crippen molar-refractivity contribution in [3.8, 4) is 0 Å². The fourth-order valence-corrected chi connectivity index (χ4v) is 2.45. The molecule has 4 nitrogen and oxygen atoms in total. The molecular formula is C9H14N4S. The van der Waals surface area contributed by atoms with Crippen molar-refractivity contribution in [2.75, 3.05) is 29.5 Å². The number of anilines is 1. The Hall–Kier alpha value is -0.810. The number of nitrogens with two attached hydrogens (primary N) is 1. The van der Waals surface area contributed by atoms with E-state index in [1.54, 1.807) is 12.4 Å². The van der Waals surface area contributed by atoms with Gasteiger partial charge in [0.05, 0.1) is 5.69 Å². The maximum atomic E-state index is 5.62. The van der Waals surface area contributed by atoms with Crippen molar-refractivity contribution in [3.05, 3.63) is 18.1 Å². The van der Waals surface area contributed by atoms with Crippen LogP contribution in [-0.4, -0.2) is 34.6 Å². The van der Waals surface area contributed by atoms with Crippen LogP contribution in [0.25, 0.3) is 0 Å². The molecule has 1 aliphatic rings. The summed E-state index contributed by atoms with van der Waals surface area (Å²) in [5.74, 6) is 3.30. The SMILES string of the molecule is NCc1nccnc1N1CCSCC1. The van der Waals surface area contributed by atoms with Crippen LogP contribution in [0.15, 0.2) is 12.4 Å². The Balaban J connectivity index is 2.20. The molecule has 0 radical (unpaired) electrons. The summed E-state index contributed by atoms with van der Waals surface area (Å²) in [7, 11) is 0. The lowest BCUT2D eigenvalue weighted by Gasteiger charge is -2.28. The zero-order valence-electron chi connectivity index (χ0n) is 8.02. The van der Waals surface area contributed by atoms with Gasteiger partial charge in [0.25, 0.3) is 0 Å². The smallest absolute Gasteiger partial charge is 0.151 e. The molecule has 1 aromatic heterocycles. The van der Waals surface area contributed by atoms with E-state index in [1.807, 2.05) is 11.8 Å². The van der Waals surface area contributed by atoms with Crippen molar-refractivity contribution in [3.63, 3.8) is 0 Å². The first-order valence-corrected chi connectivity index (χ1v) is 5.90. The second-order valence-corrected chi connectivity index (χ2v) is 4.35. The summed E-state index contributed by atoms with van der Waals surface area (Å²) >= 11 is 1.99. The first kappa shape index (κ1) is 9.73. The molecule has 2 N–H and O–H groups in total. The minimum Gasteiger partial charge on any atom is -0.353 e. The van der Waals surface area contributed by atoms with E-state index in [-0.39, 0.29) is 0 Å². The van der Waals surface area contributed by atoms with Crippen molar-refractivity contribution < 1.29 is 0 Å². The fourth-order valence-electron chi connectivity index (χ4n) is 1.54.